The van der Waals surface area contributed by atoms with Gasteiger partial charge in [-0.3, -0.25) is 0 Å². The molecule has 0 N–H and O–H groups in total. The van der Waals surface area contributed by atoms with Crippen LogP contribution in [0, 0.1) is 3.57 Å². The number of benzene rings is 1. The van der Waals surface area contributed by atoms with Crippen LogP contribution < -0.4 is 5.11 Å². The molecule has 0 amide bonds. The Hall–Kier alpha value is -0.760. The van der Waals surface area contributed by atoms with Gasteiger partial charge in [0.1, 0.15) is 12.6 Å². The molecule has 0 saturated heterocycles. The molecule has 16 heavy (non-hydrogen) atoms. The second kappa shape index (κ2) is 5.53. The molecule has 0 atom stereocenters. The Balaban J connectivity index is 2.41. The first-order valence-electron chi connectivity index (χ1n) is 4.33. The molecule has 0 aromatic heterocycles. The zero-order valence-corrected chi connectivity index (χ0v) is 10.2. The Morgan fingerprint density at radius 2 is 1.94 bits per heavy atom. The van der Waals surface area contributed by atoms with Crippen molar-refractivity contribution in [1.82, 2.24) is 0 Å². The van der Waals surface area contributed by atoms with Crippen LogP contribution in [0.1, 0.15) is 5.56 Å². The Labute approximate surface area is 105 Å². The van der Waals surface area contributed by atoms with Crippen LogP contribution >= 0.6 is 22.6 Å². The molecular formula is C10H8F2IO3-. The summed E-state index contributed by atoms with van der Waals surface area (Å²) in [6.07, 6.45) is 0. The number of hydrogen-bond donors (Lipinski definition) is 0. The Kier molecular flexibility index (Phi) is 4.60. The summed E-state index contributed by atoms with van der Waals surface area (Å²) in [5.74, 6) is -6.36. The largest absolute Gasteiger partial charge is 0.544 e. The SMILES string of the molecule is O=C([O-])C(F)(F)COCc1ccc(I)cc1. The van der Waals surface area contributed by atoms with Crippen molar-refractivity contribution in [2.45, 2.75) is 12.5 Å². The van der Waals surface area contributed by atoms with Crippen molar-refractivity contribution in [2.24, 2.45) is 0 Å². The molecule has 0 bridgehead atoms. The first-order chi connectivity index (χ1) is 7.42. The van der Waals surface area contributed by atoms with E-state index >= 15 is 0 Å². The third kappa shape index (κ3) is 4.01. The normalized spacial score (nSPS) is 11.4. The molecule has 3 nitrogen and oxygen atoms in total. The number of rotatable bonds is 5. The lowest BCUT2D eigenvalue weighted by Crippen LogP contribution is -2.44. The zero-order chi connectivity index (χ0) is 12.2. The highest BCUT2D eigenvalue weighted by Crippen LogP contribution is 2.14. The second-order valence-corrected chi connectivity index (χ2v) is 4.36. The van der Waals surface area contributed by atoms with E-state index in [1.54, 1.807) is 24.3 Å². The summed E-state index contributed by atoms with van der Waals surface area (Å²) >= 11 is 2.11. The van der Waals surface area contributed by atoms with Gasteiger partial charge in [0.05, 0.1) is 6.61 Å². The van der Waals surface area contributed by atoms with Gasteiger partial charge in [-0.1, -0.05) is 12.1 Å². The maximum absolute atomic E-state index is 12.5. The van der Waals surface area contributed by atoms with Gasteiger partial charge in [-0.05, 0) is 40.3 Å². The monoisotopic (exact) mass is 341 g/mol. The van der Waals surface area contributed by atoms with Crippen LogP contribution in [0.25, 0.3) is 0 Å². The Morgan fingerprint density at radius 3 is 2.44 bits per heavy atom. The lowest BCUT2D eigenvalue weighted by molar-refractivity contribution is -0.332. The molecule has 1 aromatic carbocycles. The average molecular weight is 341 g/mol. The van der Waals surface area contributed by atoms with E-state index in [4.69, 9.17) is 0 Å². The molecule has 0 aliphatic carbocycles. The number of halogens is 3. The van der Waals surface area contributed by atoms with Gasteiger partial charge in [-0.25, -0.2) is 0 Å². The van der Waals surface area contributed by atoms with E-state index in [0.29, 0.717) is 5.56 Å². The molecule has 0 spiro atoms. The van der Waals surface area contributed by atoms with Crippen LogP contribution in [0.2, 0.25) is 0 Å². The van der Waals surface area contributed by atoms with Crippen LogP contribution in [0.5, 0.6) is 0 Å². The Morgan fingerprint density at radius 1 is 1.38 bits per heavy atom. The quantitative estimate of drug-likeness (QED) is 0.756. The van der Waals surface area contributed by atoms with Crippen molar-refractivity contribution < 1.29 is 23.4 Å². The smallest absolute Gasteiger partial charge is 0.309 e. The van der Waals surface area contributed by atoms with Crippen LogP contribution in [-0.2, 0) is 16.1 Å². The summed E-state index contributed by atoms with van der Waals surface area (Å²) in [7, 11) is 0. The molecule has 6 heteroatoms. The minimum atomic E-state index is -3.94. The van der Waals surface area contributed by atoms with E-state index in [0.717, 1.165) is 3.57 Å². The number of carbonyl (C=O) groups is 1. The number of hydrogen-bond acceptors (Lipinski definition) is 3. The second-order valence-electron chi connectivity index (χ2n) is 3.11. The van der Waals surface area contributed by atoms with Gasteiger partial charge in [0, 0.05) is 3.57 Å². The number of aliphatic carboxylic acids is 1. The van der Waals surface area contributed by atoms with Gasteiger partial charge in [-0.15, -0.1) is 0 Å². The highest BCUT2D eigenvalue weighted by atomic mass is 127. The van der Waals surface area contributed by atoms with Gasteiger partial charge in [0.2, 0.25) is 0 Å². The highest BCUT2D eigenvalue weighted by molar-refractivity contribution is 14.1. The summed E-state index contributed by atoms with van der Waals surface area (Å²) < 4.78 is 30.7. The standard InChI is InChI=1S/C10H9F2IO3/c11-10(12,9(14)15)6-16-5-7-1-3-8(13)4-2-7/h1-4H,5-6H2,(H,14,15)/p-1. The van der Waals surface area contributed by atoms with Gasteiger partial charge < -0.3 is 14.6 Å². The first-order valence-corrected chi connectivity index (χ1v) is 5.41. The van der Waals surface area contributed by atoms with Crippen molar-refractivity contribution >= 4 is 28.6 Å². The van der Waals surface area contributed by atoms with Crippen molar-refractivity contribution in [3.63, 3.8) is 0 Å². The van der Waals surface area contributed by atoms with Crippen LogP contribution in [-0.4, -0.2) is 18.5 Å². The van der Waals surface area contributed by atoms with Crippen molar-refractivity contribution in [3.05, 3.63) is 33.4 Å². The van der Waals surface area contributed by atoms with Crippen LogP contribution in [0.15, 0.2) is 24.3 Å². The van der Waals surface area contributed by atoms with Crippen LogP contribution in [0.4, 0.5) is 8.78 Å². The third-order valence-corrected chi connectivity index (χ3v) is 2.48. The molecule has 1 rings (SSSR count). The fourth-order valence-electron chi connectivity index (χ4n) is 0.937. The van der Waals surface area contributed by atoms with E-state index < -0.39 is 18.5 Å². The lowest BCUT2D eigenvalue weighted by Gasteiger charge is -2.16. The molecule has 0 saturated carbocycles. The number of carbonyl (C=O) groups excluding carboxylic acids is 1. The predicted octanol–water partition coefficient (Wildman–Crippen LogP) is 1.19. The van der Waals surface area contributed by atoms with E-state index in [1.165, 1.54) is 0 Å². The van der Waals surface area contributed by atoms with Crippen molar-refractivity contribution in [1.29, 1.82) is 0 Å². The molecule has 0 aliphatic heterocycles. The number of ether oxygens (including phenoxy) is 1. The summed E-state index contributed by atoms with van der Waals surface area (Å²) in [6, 6.07) is 7.05. The molecule has 0 fully saturated rings. The molecular weight excluding hydrogens is 333 g/mol. The van der Waals surface area contributed by atoms with E-state index in [9.17, 15) is 18.7 Å². The molecule has 0 heterocycles. The highest BCUT2D eigenvalue weighted by Gasteiger charge is 2.31. The number of carboxylic acids is 1. The summed E-state index contributed by atoms with van der Waals surface area (Å²) in [5.41, 5.74) is 0.703. The van der Waals surface area contributed by atoms with E-state index in [1.807, 2.05) is 0 Å². The number of alkyl halides is 2. The summed E-state index contributed by atoms with van der Waals surface area (Å²) in [6.45, 7) is -1.24. The minimum absolute atomic E-state index is 0.0558. The van der Waals surface area contributed by atoms with Crippen LogP contribution in [0.3, 0.4) is 0 Å². The average Bonchev–Trinajstić information content (AvgIpc) is 2.20. The Bertz CT molecular complexity index is 365. The predicted molar refractivity (Wildman–Crippen MR) is 58.8 cm³/mol. The molecule has 0 radical (unpaired) electrons. The minimum Gasteiger partial charge on any atom is -0.544 e. The van der Waals surface area contributed by atoms with Gasteiger partial charge in [0.25, 0.3) is 0 Å². The lowest BCUT2D eigenvalue weighted by atomic mass is 10.2. The van der Waals surface area contributed by atoms with Gasteiger partial charge in [-0.2, -0.15) is 8.78 Å². The fraction of sp³-hybridized carbons (Fsp3) is 0.300. The summed E-state index contributed by atoms with van der Waals surface area (Å²) in [5, 5.41) is 9.97. The van der Waals surface area contributed by atoms with Gasteiger partial charge in [0.15, 0.2) is 0 Å². The maximum Gasteiger partial charge on any atom is 0.309 e. The van der Waals surface area contributed by atoms with Crippen molar-refractivity contribution in [3.8, 4) is 0 Å². The maximum atomic E-state index is 12.5. The summed E-state index contributed by atoms with van der Waals surface area (Å²) in [4.78, 5) is 9.97. The molecule has 0 aliphatic rings. The topological polar surface area (TPSA) is 49.4 Å². The molecule has 1 aromatic rings. The zero-order valence-electron chi connectivity index (χ0n) is 8.08. The van der Waals surface area contributed by atoms with Gasteiger partial charge >= 0.3 is 5.92 Å². The van der Waals surface area contributed by atoms with E-state index in [2.05, 4.69) is 27.3 Å². The molecule has 0 unspecified atom stereocenters. The van der Waals surface area contributed by atoms with Crippen molar-refractivity contribution in [2.75, 3.05) is 6.61 Å². The first kappa shape index (κ1) is 13.3. The number of carboxylic acid groups (broad SMARTS) is 1. The fourth-order valence-corrected chi connectivity index (χ4v) is 1.30. The third-order valence-electron chi connectivity index (χ3n) is 1.76. The molecule has 88 valence electrons. The van der Waals surface area contributed by atoms with E-state index in [-0.39, 0.29) is 6.61 Å².